The van der Waals surface area contributed by atoms with E-state index in [2.05, 4.69) is 25.9 Å². The van der Waals surface area contributed by atoms with Crippen molar-refractivity contribution in [2.45, 2.75) is 36.2 Å². The van der Waals surface area contributed by atoms with Gasteiger partial charge in [0.2, 0.25) is 0 Å². The molecule has 1 aromatic carbocycles. The first-order valence-electron chi connectivity index (χ1n) is 11.6. The van der Waals surface area contributed by atoms with Crippen LogP contribution in [0.3, 0.4) is 0 Å². The van der Waals surface area contributed by atoms with Gasteiger partial charge in [-0.2, -0.15) is 0 Å². The maximum absolute atomic E-state index is 14.4. The number of benzene rings is 1. The molecular weight excluding hydrogens is 548 g/mol. The fourth-order valence-corrected chi connectivity index (χ4v) is 7.51. The Labute approximate surface area is 208 Å². The van der Waals surface area contributed by atoms with Crippen LogP contribution in [0.4, 0.5) is 21.5 Å². The summed E-state index contributed by atoms with van der Waals surface area (Å²) in [6, 6.07) is 6.66. The molecule has 3 aromatic rings. The van der Waals surface area contributed by atoms with Gasteiger partial charge < -0.3 is 0 Å². The van der Waals surface area contributed by atoms with E-state index in [1.807, 2.05) is 12.3 Å². The second-order valence-corrected chi connectivity index (χ2v) is 11.9. The molecule has 0 saturated heterocycles. The number of H-pyrrole nitrogens is 1. The van der Waals surface area contributed by atoms with Crippen LogP contribution in [0.25, 0.3) is 11.3 Å². The van der Waals surface area contributed by atoms with E-state index >= 15 is 0 Å². The minimum atomic E-state index is -0.464. The average molecular weight is 576 g/mol. The third kappa shape index (κ3) is 4.57. The molecule has 1 atom stereocenters. The molecule has 5 rings (SSSR count). The predicted octanol–water partition coefficient (Wildman–Crippen LogP) is 1.65. The van der Waals surface area contributed by atoms with Gasteiger partial charge >= 0.3 is 209 Å². The van der Waals surface area contributed by atoms with Gasteiger partial charge in [0.1, 0.15) is 0 Å². The van der Waals surface area contributed by atoms with Crippen molar-refractivity contribution in [3.05, 3.63) is 53.7 Å². The van der Waals surface area contributed by atoms with E-state index in [1.54, 1.807) is 18.3 Å². The van der Waals surface area contributed by atoms with E-state index in [1.165, 1.54) is 36.9 Å². The van der Waals surface area contributed by atoms with Gasteiger partial charge in [0.15, 0.2) is 0 Å². The number of anilines is 3. The number of amides is 1. The second-order valence-electron chi connectivity index (χ2n) is 8.42. The number of pyridine rings is 1. The molecule has 4 heterocycles. The number of hydrogen-bond acceptors (Lipinski definition) is 5. The Morgan fingerprint density at radius 2 is 2.09 bits per heavy atom. The van der Waals surface area contributed by atoms with Crippen LogP contribution in [0.2, 0.25) is 0 Å². The molecule has 180 valence electrons. The Balaban J connectivity index is 1.65. The number of ether oxygens (including phenoxy) is 1. The molecule has 2 aromatic heterocycles. The first-order chi connectivity index (χ1) is 16.7. The molecule has 3 bridgehead atoms. The standard InChI is InChI=1S/C25H28FIN5O2/c1-34-24-16(26)7-6-8-17(24)30-23-21-18-13-20(32-25(21)33)27-10-4-2-3-5-11-29-19-14-28-12-9-15(19)22(23)31-18/h6-9,12,14,20,29-31H,2-5,10-11,13H2,1H3,(H,32,33)/q-1. The summed E-state index contributed by atoms with van der Waals surface area (Å²) in [5, 5.41) is 10.1. The number of rotatable bonds is 3. The topological polar surface area (TPSA) is 91.1 Å². The fraction of sp³-hybridized carbons (Fsp3) is 0.360. The van der Waals surface area contributed by atoms with Crippen molar-refractivity contribution < 1.29 is 35.1 Å². The molecule has 2 aliphatic heterocycles. The monoisotopic (exact) mass is 576 g/mol. The van der Waals surface area contributed by atoms with Crippen molar-refractivity contribution in [3.63, 3.8) is 0 Å². The van der Waals surface area contributed by atoms with Crippen LogP contribution in [0, 0.1) is 5.82 Å². The van der Waals surface area contributed by atoms with Crippen molar-refractivity contribution in [2.75, 3.05) is 28.7 Å². The number of fused-ring (bicyclic) bond motifs is 4. The van der Waals surface area contributed by atoms with Crippen LogP contribution in [0.15, 0.2) is 36.7 Å². The zero-order valence-electron chi connectivity index (χ0n) is 19.0. The van der Waals surface area contributed by atoms with Gasteiger partial charge in [0.05, 0.1) is 0 Å². The third-order valence-corrected chi connectivity index (χ3v) is 9.37. The molecule has 0 aliphatic carbocycles. The molecule has 9 heteroatoms. The van der Waals surface area contributed by atoms with Gasteiger partial charge in [-0.05, 0) is 0 Å². The summed E-state index contributed by atoms with van der Waals surface area (Å²) < 4.78 is 21.2. The summed E-state index contributed by atoms with van der Waals surface area (Å²) in [6.07, 6.45) is 9.06. The number of aromatic amines is 1. The number of nitrogens with one attached hydrogen (secondary N) is 4. The predicted molar refractivity (Wildman–Crippen MR) is 127 cm³/mol. The quantitative estimate of drug-likeness (QED) is 0.217. The van der Waals surface area contributed by atoms with E-state index in [-0.39, 0.29) is 36.9 Å². The molecule has 1 amide bonds. The number of carbonyl (C=O) groups is 1. The summed E-state index contributed by atoms with van der Waals surface area (Å²) in [7, 11) is 1.44. The van der Waals surface area contributed by atoms with Crippen molar-refractivity contribution in [1.29, 1.82) is 0 Å². The molecule has 0 radical (unpaired) electrons. The van der Waals surface area contributed by atoms with Crippen molar-refractivity contribution in [1.82, 2.24) is 15.3 Å². The summed E-state index contributed by atoms with van der Waals surface area (Å²) in [5.41, 5.74) is 5.17. The first-order valence-corrected chi connectivity index (χ1v) is 14.3. The minimum absolute atomic E-state index is 0.0954. The Morgan fingerprint density at radius 1 is 1.21 bits per heavy atom. The number of para-hydroxylation sites is 1. The number of halogens is 2. The van der Waals surface area contributed by atoms with Gasteiger partial charge in [0, 0.05) is 0 Å². The Kier molecular flexibility index (Phi) is 6.89. The fourth-order valence-electron chi connectivity index (χ4n) is 4.53. The molecule has 0 saturated carbocycles. The molecule has 0 fully saturated rings. The van der Waals surface area contributed by atoms with Crippen LogP contribution in [0.5, 0.6) is 5.75 Å². The van der Waals surface area contributed by atoms with Crippen LogP contribution in [0.1, 0.15) is 41.7 Å². The van der Waals surface area contributed by atoms with Gasteiger partial charge in [0.25, 0.3) is 0 Å². The molecule has 4 N–H and O–H groups in total. The van der Waals surface area contributed by atoms with Crippen LogP contribution < -0.4 is 41.9 Å². The number of nitrogens with zero attached hydrogens (tertiary/aromatic N) is 1. The van der Waals surface area contributed by atoms with Crippen LogP contribution >= 0.6 is 0 Å². The SMILES string of the molecule is COc1c(F)cccc1Nc1c2[nH]c3c1C(=O)NC(C3)[I-]CCCCCCNc1cnccc1-2. The van der Waals surface area contributed by atoms with Gasteiger partial charge in [-0.25, -0.2) is 0 Å². The van der Waals surface area contributed by atoms with E-state index < -0.39 is 5.82 Å². The zero-order chi connectivity index (χ0) is 23.5. The number of methoxy groups -OCH3 is 1. The number of hydrogen-bond donors (Lipinski definition) is 4. The molecular formula is C25H28FIN5O2-. The average Bonchev–Trinajstić information content (AvgIpc) is 3.19. The van der Waals surface area contributed by atoms with Crippen molar-refractivity contribution >= 4 is 23.0 Å². The molecule has 7 nitrogen and oxygen atoms in total. The molecule has 1 unspecified atom stereocenters. The summed E-state index contributed by atoms with van der Waals surface area (Å²) in [6.45, 7) is 0.859. The summed E-state index contributed by atoms with van der Waals surface area (Å²) in [5.74, 6) is -0.450. The maximum atomic E-state index is 14.4. The molecule has 0 spiro atoms. The van der Waals surface area contributed by atoms with E-state index in [9.17, 15) is 9.18 Å². The van der Waals surface area contributed by atoms with E-state index in [0.717, 1.165) is 42.0 Å². The summed E-state index contributed by atoms with van der Waals surface area (Å²) in [4.78, 5) is 21.2. The van der Waals surface area contributed by atoms with E-state index in [0.29, 0.717) is 16.9 Å². The number of carbonyl (C=O) groups excluding carboxylic acids is 1. The zero-order valence-corrected chi connectivity index (χ0v) is 21.2. The van der Waals surface area contributed by atoms with Crippen LogP contribution in [-0.2, 0) is 6.42 Å². The molecule has 2 aliphatic rings. The van der Waals surface area contributed by atoms with Crippen LogP contribution in [-0.4, -0.2) is 38.0 Å². The van der Waals surface area contributed by atoms with Gasteiger partial charge in [-0.1, -0.05) is 0 Å². The Hall–Kier alpha value is -2.82. The third-order valence-electron chi connectivity index (χ3n) is 6.17. The Morgan fingerprint density at radius 3 is 2.97 bits per heavy atom. The van der Waals surface area contributed by atoms with Crippen molar-refractivity contribution in [2.24, 2.45) is 0 Å². The normalized spacial score (nSPS) is 18.4. The summed E-state index contributed by atoms with van der Waals surface area (Å²) >= 11 is -0.144. The van der Waals surface area contributed by atoms with Gasteiger partial charge in [-0.3, -0.25) is 0 Å². The van der Waals surface area contributed by atoms with Crippen molar-refractivity contribution in [3.8, 4) is 17.0 Å². The van der Waals surface area contributed by atoms with Gasteiger partial charge in [-0.15, -0.1) is 0 Å². The Bertz CT molecular complexity index is 1200. The van der Waals surface area contributed by atoms with E-state index in [4.69, 9.17) is 4.74 Å². The molecule has 34 heavy (non-hydrogen) atoms. The number of aromatic nitrogens is 2. The first kappa shape index (κ1) is 22.9. The number of alkyl halides is 2. The second kappa shape index (κ2) is 10.2.